The summed E-state index contributed by atoms with van der Waals surface area (Å²) in [5, 5.41) is 11.6. The lowest BCUT2D eigenvalue weighted by Crippen LogP contribution is -2.44. The van der Waals surface area contributed by atoms with E-state index in [9.17, 15) is 19.7 Å². The molecular formula is C25H25N3O8. The smallest absolute Gasteiger partial charge is 0.286 e. The van der Waals surface area contributed by atoms with E-state index < -0.39 is 29.0 Å². The fourth-order valence-electron chi connectivity index (χ4n) is 3.21. The van der Waals surface area contributed by atoms with E-state index in [4.69, 9.17) is 18.9 Å². The summed E-state index contributed by atoms with van der Waals surface area (Å²) in [5.74, 6) is -0.919. The molecule has 3 aromatic carbocycles. The van der Waals surface area contributed by atoms with Gasteiger partial charge in [0.05, 0.1) is 24.7 Å². The SMILES string of the molecule is COCCOc1cc([N+](=O)[O-])c(C(=O)NNC(=O)COc2ccccc2-c2ccccc2)cc1OC. The van der Waals surface area contributed by atoms with Gasteiger partial charge >= 0.3 is 0 Å². The minimum atomic E-state index is -0.915. The van der Waals surface area contributed by atoms with Gasteiger partial charge in [0, 0.05) is 18.7 Å². The molecule has 0 saturated carbocycles. The number of hydrazine groups is 1. The van der Waals surface area contributed by atoms with Crippen molar-refractivity contribution in [3.05, 3.63) is 82.4 Å². The number of nitro benzene ring substituents is 1. The Bertz CT molecular complexity index is 1220. The van der Waals surface area contributed by atoms with Crippen LogP contribution in [0, 0.1) is 10.1 Å². The van der Waals surface area contributed by atoms with Gasteiger partial charge in [0.1, 0.15) is 17.9 Å². The second kappa shape index (κ2) is 12.7. The number of nitro groups is 1. The number of carbonyl (C=O) groups excluding carboxylic acids is 2. The first-order valence-corrected chi connectivity index (χ1v) is 10.8. The second-order valence-corrected chi connectivity index (χ2v) is 7.27. The molecule has 3 aromatic rings. The number of carbonyl (C=O) groups is 2. The molecule has 2 amide bonds. The Kier molecular flexibility index (Phi) is 9.18. The molecule has 0 aliphatic heterocycles. The molecule has 0 fully saturated rings. The summed E-state index contributed by atoms with van der Waals surface area (Å²) < 4.78 is 21.1. The van der Waals surface area contributed by atoms with E-state index in [1.165, 1.54) is 14.2 Å². The standard InChI is InChI=1S/C25H25N3O8/c1-33-12-13-35-23-15-20(28(31)32)19(14-22(23)34-2)25(30)27-26-24(29)16-36-21-11-7-6-10-18(21)17-8-4-3-5-9-17/h3-11,14-15H,12-13,16H2,1-2H3,(H,26,29)(H,27,30). The van der Waals surface area contributed by atoms with Crippen molar-refractivity contribution >= 4 is 17.5 Å². The Balaban J connectivity index is 1.65. The fourth-order valence-corrected chi connectivity index (χ4v) is 3.21. The quantitative estimate of drug-likeness (QED) is 0.235. The summed E-state index contributed by atoms with van der Waals surface area (Å²) in [4.78, 5) is 35.8. The normalized spacial score (nSPS) is 10.3. The predicted molar refractivity (Wildman–Crippen MR) is 130 cm³/mol. The number of methoxy groups -OCH3 is 2. The van der Waals surface area contributed by atoms with Crippen LogP contribution in [0.15, 0.2) is 66.7 Å². The summed E-state index contributed by atoms with van der Waals surface area (Å²) >= 11 is 0. The highest BCUT2D eigenvalue weighted by Crippen LogP contribution is 2.35. The van der Waals surface area contributed by atoms with Crippen molar-refractivity contribution in [1.82, 2.24) is 10.9 Å². The monoisotopic (exact) mass is 495 g/mol. The number of nitrogens with one attached hydrogen (secondary N) is 2. The molecule has 3 rings (SSSR count). The van der Waals surface area contributed by atoms with Crippen LogP contribution in [0.5, 0.6) is 17.2 Å². The number of hydrogen-bond acceptors (Lipinski definition) is 8. The highest BCUT2D eigenvalue weighted by Gasteiger charge is 2.25. The third-order valence-corrected chi connectivity index (χ3v) is 4.91. The first kappa shape index (κ1) is 26.0. The van der Waals surface area contributed by atoms with Gasteiger partial charge in [-0.25, -0.2) is 0 Å². The molecular weight excluding hydrogens is 470 g/mol. The van der Waals surface area contributed by atoms with Crippen LogP contribution in [0.3, 0.4) is 0 Å². The Labute approximate surface area is 207 Å². The minimum absolute atomic E-state index is 0.0762. The Morgan fingerprint density at radius 1 is 0.861 bits per heavy atom. The van der Waals surface area contributed by atoms with Gasteiger partial charge in [-0.3, -0.25) is 30.6 Å². The van der Waals surface area contributed by atoms with Crippen LogP contribution in [0.2, 0.25) is 0 Å². The van der Waals surface area contributed by atoms with Crippen molar-refractivity contribution in [2.45, 2.75) is 0 Å². The molecule has 0 radical (unpaired) electrons. The summed E-state index contributed by atoms with van der Waals surface area (Å²) in [6, 6.07) is 19.0. The van der Waals surface area contributed by atoms with Gasteiger partial charge in [-0.05, 0) is 11.6 Å². The third-order valence-electron chi connectivity index (χ3n) is 4.91. The number of nitrogens with zero attached hydrogens (tertiary/aromatic N) is 1. The van der Waals surface area contributed by atoms with E-state index in [-0.39, 0.29) is 30.3 Å². The van der Waals surface area contributed by atoms with E-state index in [1.54, 1.807) is 12.1 Å². The summed E-state index contributed by atoms with van der Waals surface area (Å²) in [5.41, 5.74) is 5.22. The molecule has 0 aliphatic carbocycles. The van der Waals surface area contributed by atoms with Gasteiger partial charge in [0.15, 0.2) is 18.1 Å². The molecule has 0 atom stereocenters. The molecule has 0 spiro atoms. The van der Waals surface area contributed by atoms with E-state index in [0.29, 0.717) is 5.75 Å². The number of benzene rings is 3. The van der Waals surface area contributed by atoms with Crippen molar-refractivity contribution in [3.8, 4) is 28.4 Å². The predicted octanol–water partition coefficient (Wildman–Crippen LogP) is 3.14. The largest absolute Gasteiger partial charge is 0.493 e. The highest BCUT2D eigenvalue weighted by molar-refractivity contribution is 6.00. The zero-order chi connectivity index (χ0) is 25.9. The maximum absolute atomic E-state index is 12.6. The van der Waals surface area contributed by atoms with Crippen molar-refractivity contribution < 1.29 is 33.5 Å². The number of ether oxygens (including phenoxy) is 4. The molecule has 0 bridgehead atoms. The maximum Gasteiger partial charge on any atom is 0.286 e. The number of amides is 2. The lowest BCUT2D eigenvalue weighted by molar-refractivity contribution is -0.385. The van der Waals surface area contributed by atoms with Crippen molar-refractivity contribution in [1.29, 1.82) is 0 Å². The lowest BCUT2D eigenvalue weighted by atomic mass is 10.1. The van der Waals surface area contributed by atoms with E-state index in [2.05, 4.69) is 10.9 Å². The fraction of sp³-hybridized carbons (Fsp3) is 0.200. The van der Waals surface area contributed by atoms with Crippen LogP contribution < -0.4 is 25.1 Å². The van der Waals surface area contributed by atoms with E-state index >= 15 is 0 Å². The number of rotatable bonds is 11. The molecule has 36 heavy (non-hydrogen) atoms. The van der Waals surface area contributed by atoms with Crippen LogP contribution >= 0.6 is 0 Å². The van der Waals surface area contributed by atoms with Crippen molar-refractivity contribution in [2.75, 3.05) is 34.0 Å². The molecule has 2 N–H and O–H groups in total. The molecule has 188 valence electrons. The zero-order valence-corrected chi connectivity index (χ0v) is 19.7. The van der Waals surface area contributed by atoms with Gasteiger partial charge < -0.3 is 18.9 Å². The second-order valence-electron chi connectivity index (χ2n) is 7.27. The third kappa shape index (κ3) is 6.70. The van der Waals surface area contributed by atoms with Crippen LogP contribution in [0.25, 0.3) is 11.1 Å². The Morgan fingerprint density at radius 2 is 1.58 bits per heavy atom. The van der Waals surface area contributed by atoms with Gasteiger partial charge in [-0.1, -0.05) is 48.5 Å². The summed E-state index contributed by atoms with van der Waals surface area (Å²) in [6.45, 7) is -0.0239. The topological polar surface area (TPSA) is 138 Å². The first-order chi connectivity index (χ1) is 17.4. The molecule has 11 nitrogen and oxygen atoms in total. The van der Waals surface area contributed by atoms with Crippen LogP contribution in [0.1, 0.15) is 10.4 Å². The number of para-hydroxylation sites is 1. The van der Waals surface area contributed by atoms with Gasteiger partial charge in [0.25, 0.3) is 17.5 Å². The van der Waals surface area contributed by atoms with Gasteiger partial charge in [-0.15, -0.1) is 0 Å². The van der Waals surface area contributed by atoms with Gasteiger partial charge in [-0.2, -0.15) is 0 Å². The van der Waals surface area contributed by atoms with Gasteiger partial charge in [0.2, 0.25) is 0 Å². The van der Waals surface area contributed by atoms with Crippen molar-refractivity contribution in [2.24, 2.45) is 0 Å². The highest BCUT2D eigenvalue weighted by atomic mass is 16.6. The summed E-state index contributed by atoms with van der Waals surface area (Å²) in [6.07, 6.45) is 0. The molecule has 0 saturated heterocycles. The Morgan fingerprint density at radius 3 is 2.28 bits per heavy atom. The van der Waals surface area contributed by atoms with Crippen LogP contribution in [0.4, 0.5) is 5.69 Å². The molecule has 0 aromatic heterocycles. The van der Waals surface area contributed by atoms with Crippen molar-refractivity contribution in [3.63, 3.8) is 0 Å². The molecule has 0 unspecified atom stereocenters. The van der Waals surface area contributed by atoms with E-state index in [0.717, 1.165) is 23.3 Å². The lowest BCUT2D eigenvalue weighted by Gasteiger charge is -2.14. The van der Waals surface area contributed by atoms with Crippen LogP contribution in [-0.4, -0.2) is 50.8 Å². The Hall–Kier alpha value is -4.64. The van der Waals surface area contributed by atoms with E-state index in [1.807, 2.05) is 42.5 Å². The van der Waals surface area contributed by atoms with Crippen LogP contribution in [-0.2, 0) is 9.53 Å². The minimum Gasteiger partial charge on any atom is -0.493 e. The molecule has 0 aliphatic rings. The summed E-state index contributed by atoms with van der Waals surface area (Å²) in [7, 11) is 2.82. The molecule has 0 heterocycles. The first-order valence-electron chi connectivity index (χ1n) is 10.8. The zero-order valence-electron chi connectivity index (χ0n) is 19.7. The molecule has 11 heteroatoms. The average molecular weight is 495 g/mol. The number of hydrogen-bond donors (Lipinski definition) is 2. The maximum atomic E-state index is 12.6. The average Bonchev–Trinajstić information content (AvgIpc) is 2.91.